The zero-order valence-corrected chi connectivity index (χ0v) is 18.2. The van der Waals surface area contributed by atoms with Crippen LogP contribution in [-0.4, -0.2) is 49.6 Å². The van der Waals surface area contributed by atoms with Gasteiger partial charge in [-0.2, -0.15) is 0 Å². The topological polar surface area (TPSA) is 88.1 Å². The molecule has 1 saturated heterocycles. The van der Waals surface area contributed by atoms with Crippen LogP contribution in [0.4, 0.5) is 0 Å². The maximum absolute atomic E-state index is 12.8. The lowest BCUT2D eigenvalue weighted by Gasteiger charge is -2.36. The van der Waals surface area contributed by atoms with Crippen LogP contribution in [0.15, 0.2) is 65.8 Å². The van der Waals surface area contributed by atoms with E-state index in [0.717, 1.165) is 17.5 Å². The summed E-state index contributed by atoms with van der Waals surface area (Å²) in [7, 11) is -3.39. The fraction of sp³-hybridized carbons (Fsp3) is 0.391. The number of sulfonamides is 1. The lowest BCUT2D eigenvalue weighted by molar-refractivity contribution is -0.114. The van der Waals surface area contributed by atoms with Crippen LogP contribution in [0.5, 0.6) is 0 Å². The summed E-state index contributed by atoms with van der Waals surface area (Å²) >= 11 is 0. The van der Waals surface area contributed by atoms with Crippen molar-refractivity contribution in [1.29, 1.82) is 0 Å². The Balaban J connectivity index is 1.25. The number of oxime groups is 1. The van der Waals surface area contributed by atoms with Crippen LogP contribution in [0.1, 0.15) is 30.4 Å². The van der Waals surface area contributed by atoms with Crippen LogP contribution in [0.3, 0.4) is 0 Å². The molecule has 0 unspecified atom stereocenters. The number of hydrogen-bond donors (Lipinski definition) is 1. The molecule has 2 aromatic rings. The Bertz CT molecular complexity index is 1030. The lowest BCUT2D eigenvalue weighted by Crippen LogP contribution is -2.47. The molecule has 2 aliphatic rings. The molecular formula is C23H27N3O4S. The Morgan fingerprint density at radius 2 is 1.61 bits per heavy atom. The van der Waals surface area contributed by atoms with Gasteiger partial charge in [-0.15, -0.1) is 0 Å². The monoisotopic (exact) mass is 441 g/mol. The first-order chi connectivity index (χ1) is 15.0. The summed E-state index contributed by atoms with van der Waals surface area (Å²) in [4.78, 5) is 18.1. The molecule has 164 valence electrons. The summed E-state index contributed by atoms with van der Waals surface area (Å²) in [5.74, 6) is -0.222. The quantitative estimate of drug-likeness (QED) is 0.715. The first-order valence-electron chi connectivity index (χ1n) is 10.5. The highest BCUT2D eigenvalue weighted by molar-refractivity contribution is 7.88. The van der Waals surface area contributed by atoms with Gasteiger partial charge in [0.05, 0.1) is 5.75 Å². The Labute approximate surface area is 183 Å². The van der Waals surface area contributed by atoms with E-state index >= 15 is 0 Å². The van der Waals surface area contributed by atoms with Gasteiger partial charge in [0.2, 0.25) is 10.0 Å². The molecule has 0 aromatic heterocycles. The van der Waals surface area contributed by atoms with E-state index in [0.29, 0.717) is 44.6 Å². The predicted molar refractivity (Wildman–Crippen MR) is 119 cm³/mol. The number of benzene rings is 2. The summed E-state index contributed by atoms with van der Waals surface area (Å²) in [6.07, 6.45) is 2.20. The Hall–Kier alpha value is -2.71. The average molecular weight is 442 g/mol. The van der Waals surface area contributed by atoms with E-state index in [1.165, 1.54) is 4.31 Å². The second-order valence-corrected chi connectivity index (χ2v) is 10.1. The van der Waals surface area contributed by atoms with Gasteiger partial charge in [-0.1, -0.05) is 65.8 Å². The van der Waals surface area contributed by atoms with E-state index in [1.807, 2.05) is 60.7 Å². The van der Waals surface area contributed by atoms with Gasteiger partial charge in [0.25, 0.3) is 5.91 Å². The normalized spacial score (nSPS) is 18.4. The molecule has 1 amide bonds. The van der Waals surface area contributed by atoms with Crippen LogP contribution >= 0.6 is 0 Å². The molecule has 0 aliphatic carbocycles. The van der Waals surface area contributed by atoms with Gasteiger partial charge in [-0.05, 0) is 17.5 Å². The molecule has 7 nitrogen and oxygen atoms in total. The van der Waals surface area contributed by atoms with Crippen molar-refractivity contribution in [2.75, 3.05) is 19.6 Å². The fourth-order valence-electron chi connectivity index (χ4n) is 4.03. The van der Waals surface area contributed by atoms with Crippen molar-refractivity contribution in [3.8, 4) is 0 Å². The van der Waals surface area contributed by atoms with Gasteiger partial charge in [0, 0.05) is 38.9 Å². The number of piperidine rings is 1. The summed E-state index contributed by atoms with van der Waals surface area (Å²) in [6, 6.07) is 19.1. The van der Waals surface area contributed by atoms with E-state index in [4.69, 9.17) is 4.84 Å². The minimum atomic E-state index is -3.39. The number of rotatable bonds is 7. The molecule has 0 radical (unpaired) electrons. The maximum Gasteiger partial charge on any atom is 0.269 e. The second-order valence-electron chi connectivity index (χ2n) is 8.12. The second kappa shape index (κ2) is 9.20. The first kappa shape index (κ1) is 21.5. The molecule has 31 heavy (non-hydrogen) atoms. The Morgan fingerprint density at radius 3 is 2.26 bits per heavy atom. The number of carbonyl (C=O) groups excluding carboxylic acids is 1. The van der Waals surface area contributed by atoms with Crippen molar-refractivity contribution in [3.63, 3.8) is 0 Å². The Kier molecular flexibility index (Phi) is 6.38. The number of carbonyl (C=O) groups is 1. The van der Waals surface area contributed by atoms with Crippen LogP contribution in [0, 0.1) is 0 Å². The third-order valence-electron chi connectivity index (χ3n) is 5.86. The molecule has 2 aliphatic heterocycles. The van der Waals surface area contributed by atoms with Gasteiger partial charge in [-0.25, -0.2) is 12.7 Å². The van der Waals surface area contributed by atoms with Gasteiger partial charge in [0.15, 0.2) is 0 Å². The lowest BCUT2D eigenvalue weighted by atomic mass is 9.87. The van der Waals surface area contributed by atoms with Crippen molar-refractivity contribution in [3.05, 3.63) is 71.8 Å². The first-order valence-corrected chi connectivity index (χ1v) is 12.2. The molecule has 0 atom stereocenters. The minimum Gasteiger partial charge on any atom is -0.388 e. The van der Waals surface area contributed by atoms with Crippen LogP contribution in [0.2, 0.25) is 0 Å². The highest BCUT2D eigenvalue weighted by atomic mass is 32.2. The third-order valence-corrected chi connectivity index (χ3v) is 7.71. The van der Waals surface area contributed by atoms with Crippen molar-refractivity contribution in [1.82, 2.24) is 9.62 Å². The number of nitrogens with one attached hydrogen (secondary N) is 1. The SMILES string of the molecule is O=C(NCCc1ccccc1)C1=NOC2(CCN(S(=O)(=O)Cc3ccccc3)CC2)C1. The molecule has 2 heterocycles. The third kappa shape index (κ3) is 5.32. The van der Waals surface area contributed by atoms with Crippen molar-refractivity contribution in [2.45, 2.75) is 37.0 Å². The summed E-state index contributed by atoms with van der Waals surface area (Å²) in [5, 5.41) is 6.93. The molecule has 2 aromatic carbocycles. The van der Waals surface area contributed by atoms with E-state index in [1.54, 1.807) is 0 Å². The van der Waals surface area contributed by atoms with Gasteiger partial charge in [-0.3, -0.25) is 4.79 Å². The highest BCUT2D eigenvalue weighted by Gasteiger charge is 2.45. The molecule has 1 N–H and O–H groups in total. The molecule has 0 bridgehead atoms. The van der Waals surface area contributed by atoms with Crippen molar-refractivity contribution in [2.24, 2.45) is 5.16 Å². The molecular weight excluding hydrogens is 414 g/mol. The van der Waals surface area contributed by atoms with Gasteiger partial charge >= 0.3 is 0 Å². The molecule has 0 saturated carbocycles. The maximum atomic E-state index is 12.8. The van der Waals surface area contributed by atoms with E-state index in [2.05, 4.69) is 10.5 Å². The largest absolute Gasteiger partial charge is 0.388 e. The summed E-state index contributed by atoms with van der Waals surface area (Å²) in [5.41, 5.74) is 1.74. The molecule has 1 fully saturated rings. The number of hydrogen-bond acceptors (Lipinski definition) is 5. The zero-order valence-electron chi connectivity index (χ0n) is 17.4. The average Bonchev–Trinajstić information content (AvgIpc) is 3.19. The van der Waals surface area contributed by atoms with Crippen LogP contribution in [-0.2, 0) is 31.8 Å². The summed E-state index contributed by atoms with van der Waals surface area (Å²) < 4.78 is 27.0. The van der Waals surface area contributed by atoms with E-state index in [9.17, 15) is 13.2 Å². The standard InChI is InChI=1S/C23H27N3O4S/c27-22(24-14-11-19-7-3-1-4-8-19)21-17-23(30-25-21)12-15-26(16-13-23)31(28,29)18-20-9-5-2-6-10-20/h1-10H,11-18H2,(H,24,27). The predicted octanol–water partition coefficient (Wildman–Crippen LogP) is 2.49. The fourth-order valence-corrected chi connectivity index (χ4v) is 5.56. The van der Waals surface area contributed by atoms with Crippen LogP contribution in [0.25, 0.3) is 0 Å². The Morgan fingerprint density at radius 1 is 1.00 bits per heavy atom. The minimum absolute atomic E-state index is 0.00668. The highest BCUT2D eigenvalue weighted by Crippen LogP contribution is 2.35. The van der Waals surface area contributed by atoms with E-state index < -0.39 is 15.6 Å². The summed E-state index contributed by atoms with van der Waals surface area (Å²) in [6.45, 7) is 1.27. The zero-order chi connectivity index (χ0) is 21.7. The van der Waals surface area contributed by atoms with Crippen LogP contribution < -0.4 is 5.32 Å². The van der Waals surface area contributed by atoms with Gasteiger partial charge < -0.3 is 10.2 Å². The number of nitrogens with zero attached hydrogens (tertiary/aromatic N) is 2. The molecule has 8 heteroatoms. The van der Waals surface area contributed by atoms with Crippen molar-refractivity contribution >= 4 is 21.6 Å². The van der Waals surface area contributed by atoms with E-state index in [-0.39, 0.29) is 11.7 Å². The van der Waals surface area contributed by atoms with Gasteiger partial charge in [0.1, 0.15) is 11.3 Å². The smallest absolute Gasteiger partial charge is 0.269 e. The number of amides is 1. The molecule has 1 spiro atoms. The molecule has 4 rings (SSSR count). The van der Waals surface area contributed by atoms with Crippen molar-refractivity contribution < 1.29 is 18.0 Å².